The van der Waals surface area contributed by atoms with Crippen molar-refractivity contribution in [2.75, 3.05) is 13.6 Å². The van der Waals surface area contributed by atoms with Gasteiger partial charge in [0.1, 0.15) is 11.4 Å². The van der Waals surface area contributed by atoms with Crippen LogP contribution in [0.15, 0.2) is 24.3 Å². The van der Waals surface area contributed by atoms with Gasteiger partial charge in [-0.3, -0.25) is 0 Å². The second-order valence-electron chi connectivity index (χ2n) is 4.42. The van der Waals surface area contributed by atoms with Crippen molar-refractivity contribution in [2.24, 2.45) is 0 Å². The number of hydrogen-bond acceptors (Lipinski definition) is 2. The Bertz CT molecular complexity index is 374. The van der Waals surface area contributed by atoms with Gasteiger partial charge in [0.15, 0.2) is 0 Å². The van der Waals surface area contributed by atoms with Gasteiger partial charge in [0.2, 0.25) is 0 Å². The summed E-state index contributed by atoms with van der Waals surface area (Å²) in [5.74, 6) is 0.222. The fraction of sp³-hybridized carbons (Fsp3) is 0.500. The van der Waals surface area contributed by atoms with E-state index in [2.05, 4.69) is 5.32 Å². The van der Waals surface area contributed by atoms with Gasteiger partial charge in [0.25, 0.3) is 0 Å². The van der Waals surface area contributed by atoms with E-state index in [0.717, 1.165) is 12.1 Å². The standard InChI is InChI=1S/C12H16F3NO/c1-11(2,8-16-3)17-10-6-4-5-9(7-10)12(13,14)15/h4-7,16H,8H2,1-3H3. The van der Waals surface area contributed by atoms with Crippen molar-refractivity contribution in [1.29, 1.82) is 0 Å². The molecule has 0 bridgehead atoms. The maximum atomic E-state index is 12.5. The first kappa shape index (κ1) is 13.8. The topological polar surface area (TPSA) is 21.3 Å². The van der Waals surface area contributed by atoms with Gasteiger partial charge in [0, 0.05) is 6.54 Å². The zero-order chi connectivity index (χ0) is 13.1. The Kier molecular flexibility index (Phi) is 4.03. The Hall–Kier alpha value is -1.23. The molecule has 0 unspecified atom stereocenters. The van der Waals surface area contributed by atoms with Gasteiger partial charge >= 0.3 is 6.18 Å². The molecule has 2 nitrogen and oxygen atoms in total. The third-order valence-electron chi connectivity index (χ3n) is 2.16. The fourth-order valence-corrected chi connectivity index (χ4v) is 1.52. The third-order valence-corrected chi connectivity index (χ3v) is 2.16. The SMILES string of the molecule is CNCC(C)(C)Oc1cccc(C(F)(F)F)c1. The van der Waals surface area contributed by atoms with Crippen LogP contribution in [0.25, 0.3) is 0 Å². The summed E-state index contributed by atoms with van der Waals surface area (Å²) in [5.41, 5.74) is -1.26. The average Bonchev–Trinajstić information content (AvgIpc) is 2.15. The lowest BCUT2D eigenvalue weighted by molar-refractivity contribution is -0.137. The minimum Gasteiger partial charge on any atom is -0.487 e. The zero-order valence-corrected chi connectivity index (χ0v) is 10.1. The van der Waals surface area contributed by atoms with E-state index in [1.807, 2.05) is 13.8 Å². The fourth-order valence-electron chi connectivity index (χ4n) is 1.52. The molecule has 0 aliphatic rings. The first-order chi connectivity index (χ1) is 7.74. The molecule has 0 heterocycles. The monoisotopic (exact) mass is 247 g/mol. The highest BCUT2D eigenvalue weighted by Crippen LogP contribution is 2.32. The second-order valence-corrected chi connectivity index (χ2v) is 4.42. The lowest BCUT2D eigenvalue weighted by Gasteiger charge is -2.26. The van der Waals surface area contributed by atoms with Crippen molar-refractivity contribution in [2.45, 2.75) is 25.6 Å². The van der Waals surface area contributed by atoms with Gasteiger partial charge in [0.05, 0.1) is 5.56 Å². The molecule has 0 aliphatic carbocycles. The molecule has 0 aromatic heterocycles. The number of ether oxygens (including phenoxy) is 1. The molecule has 0 amide bonds. The zero-order valence-electron chi connectivity index (χ0n) is 10.1. The van der Waals surface area contributed by atoms with Crippen LogP contribution in [-0.2, 0) is 6.18 Å². The van der Waals surface area contributed by atoms with Crippen molar-refractivity contribution in [3.05, 3.63) is 29.8 Å². The van der Waals surface area contributed by atoms with Gasteiger partial charge in [-0.25, -0.2) is 0 Å². The largest absolute Gasteiger partial charge is 0.487 e. The van der Waals surface area contributed by atoms with Crippen molar-refractivity contribution in [3.63, 3.8) is 0 Å². The Balaban J connectivity index is 2.86. The Morgan fingerprint density at radius 3 is 2.41 bits per heavy atom. The summed E-state index contributed by atoms with van der Waals surface area (Å²) in [6.07, 6.45) is -4.34. The average molecular weight is 247 g/mol. The lowest BCUT2D eigenvalue weighted by atomic mass is 10.1. The molecule has 0 spiro atoms. The number of hydrogen-bond donors (Lipinski definition) is 1. The Morgan fingerprint density at radius 2 is 1.88 bits per heavy atom. The molecule has 1 aromatic rings. The highest BCUT2D eigenvalue weighted by atomic mass is 19.4. The molecule has 0 fully saturated rings. The van der Waals surface area contributed by atoms with Gasteiger partial charge in [-0.2, -0.15) is 13.2 Å². The summed E-state index contributed by atoms with van der Waals surface area (Å²) in [6, 6.07) is 4.90. The van der Waals surface area contributed by atoms with E-state index in [9.17, 15) is 13.2 Å². The van der Waals surface area contributed by atoms with Crippen LogP contribution < -0.4 is 10.1 Å². The predicted octanol–water partition coefficient (Wildman–Crippen LogP) is 3.08. The van der Waals surface area contributed by atoms with Gasteiger partial charge in [-0.05, 0) is 39.1 Å². The van der Waals surface area contributed by atoms with Crippen LogP contribution in [0.2, 0.25) is 0 Å². The summed E-state index contributed by atoms with van der Waals surface area (Å²) in [4.78, 5) is 0. The van der Waals surface area contributed by atoms with E-state index in [4.69, 9.17) is 4.74 Å². The smallest absolute Gasteiger partial charge is 0.416 e. The van der Waals surface area contributed by atoms with E-state index in [1.54, 1.807) is 7.05 Å². The summed E-state index contributed by atoms with van der Waals surface area (Å²) in [5, 5.41) is 2.93. The number of halogens is 3. The van der Waals surface area contributed by atoms with Gasteiger partial charge in [-0.1, -0.05) is 6.07 Å². The number of nitrogens with one attached hydrogen (secondary N) is 1. The number of benzene rings is 1. The molecule has 0 atom stereocenters. The Labute approximate surface area is 98.8 Å². The van der Waals surface area contributed by atoms with Crippen LogP contribution in [-0.4, -0.2) is 19.2 Å². The minimum atomic E-state index is -4.34. The number of rotatable bonds is 4. The lowest BCUT2D eigenvalue weighted by Crippen LogP contribution is -2.38. The summed E-state index contributed by atoms with van der Waals surface area (Å²) in [6.45, 7) is 4.16. The highest BCUT2D eigenvalue weighted by molar-refractivity contribution is 5.30. The summed E-state index contributed by atoms with van der Waals surface area (Å²) >= 11 is 0. The van der Waals surface area contributed by atoms with Crippen molar-refractivity contribution < 1.29 is 17.9 Å². The quantitative estimate of drug-likeness (QED) is 0.882. The third kappa shape index (κ3) is 4.26. The van der Waals surface area contributed by atoms with Crippen LogP contribution in [0.5, 0.6) is 5.75 Å². The molecule has 0 aliphatic heterocycles. The van der Waals surface area contributed by atoms with Gasteiger partial charge in [-0.15, -0.1) is 0 Å². The van der Waals surface area contributed by atoms with E-state index in [0.29, 0.717) is 6.54 Å². The van der Waals surface area contributed by atoms with Crippen LogP contribution in [0, 0.1) is 0 Å². The first-order valence-corrected chi connectivity index (χ1v) is 5.25. The number of likely N-dealkylation sites (N-methyl/N-ethyl adjacent to an activating group) is 1. The molecule has 17 heavy (non-hydrogen) atoms. The van der Waals surface area contributed by atoms with Crippen LogP contribution in [0.3, 0.4) is 0 Å². The molecule has 1 rings (SSSR count). The molecule has 1 aromatic carbocycles. The van der Waals surface area contributed by atoms with E-state index in [1.165, 1.54) is 12.1 Å². The molecule has 1 N–H and O–H groups in total. The normalized spacial score (nSPS) is 12.6. The Morgan fingerprint density at radius 1 is 1.24 bits per heavy atom. The van der Waals surface area contributed by atoms with Crippen LogP contribution >= 0.6 is 0 Å². The molecule has 0 saturated carbocycles. The maximum Gasteiger partial charge on any atom is 0.416 e. The summed E-state index contributed by atoms with van der Waals surface area (Å²) in [7, 11) is 1.76. The maximum absolute atomic E-state index is 12.5. The molecule has 5 heteroatoms. The first-order valence-electron chi connectivity index (χ1n) is 5.25. The molecule has 96 valence electrons. The van der Waals surface area contributed by atoms with Crippen LogP contribution in [0.1, 0.15) is 19.4 Å². The molecular weight excluding hydrogens is 231 g/mol. The molecular formula is C12H16F3NO. The van der Waals surface area contributed by atoms with Crippen LogP contribution in [0.4, 0.5) is 13.2 Å². The van der Waals surface area contributed by atoms with E-state index in [-0.39, 0.29) is 5.75 Å². The van der Waals surface area contributed by atoms with Crippen molar-refractivity contribution >= 4 is 0 Å². The predicted molar refractivity (Wildman–Crippen MR) is 60.1 cm³/mol. The van der Waals surface area contributed by atoms with E-state index < -0.39 is 17.3 Å². The van der Waals surface area contributed by atoms with Gasteiger partial charge < -0.3 is 10.1 Å². The summed E-state index contributed by atoms with van der Waals surface area (Å²) < 4.78 is 43.0. The van der Waals surface area contributed by atoms with Crippen molar-refractivity contribution in [3.8, 4) is 5.75 Å². The molecule has 0 saturated heterocycles. The van der Waals surface area contributed by atoms with E-state index >= 15 is 0 Å². The highest BCUT2D eigenvalue weighted by Gasteiger charge is 2.31. The van der Waals surface area contributed by atoms with Crippen molar-refractivity contribution in [1.82, 2.24) is 5.32 Å². The number of alkyl halides is 3. The minimum absolute atomic E-state index is 0.222. The second kappa shape index (κ2) is 4.96. The molecule has 0 radical (unpaired) electrons.